The van der Waals surface area contributed by atoms with Gasteiger partial charge in [0.2, 0.25) is 0 Å². The zero-order valence-corrected chi connectivity index (χ0v) is 13.8. The van der Waals surface area contributed by atoms with Gasteiger partial charge >= 0.3 is 5.97 Å². The maximum Gasteiger partial charge on any atom is 0.326 e. The van der Waals surface area contributed by atoms with Gasteiger partial charge in [0.05, 0.1) is 5.69 Å². The van der Waals surface area contributed by atoms with Gasteiger partial charge in [-0.15, -0.1) is 11.3 Å². The van der Waals surface area contributed by atoms with Crippen molar-refractivity contribution in [2.75, 3.05) is 0 Å². The summed E-state index contributed by atoms with van der Waals surface area (Å²) in [6.45, 7) is 3.68. The molecule has 0 saturated heterocycles. The maximum absolute atomic E-state index is 12.3. The van der Waals surface area contributed by atoms with Crippen LogP contribution in [0, 0.1) is 6.92 Å². The fourth-order valence-electron chi connectivity index (χ4n) is 2.00. The van der Waals surface area contributed by atoms with Crippen molar-refractivity contribution in [3.8, 4) is 10.8 Å². The summed E-state index contributed by atoms with van der Waals surface area (Å²) in [4.78, 5) is 36.5. The molecule has 0 spiro atoms. The number of rotatable bonds is 7. The lowest BCUT2D eigenvalue weighted by molar-refractivity contribution is -0.139. The molecular weight excluding hydrogens is 316 g/mol. The highest BCUT2D eigenvalue weighted by molar-refractivity contribution is 7.17. The molecule has 1 unspecified atom stereocenters. The Hall–Kier alpha value is -2.35. The lowest BCUT2D eigenvalue weighted by Gasteiger charge is -2.13. The number of thiazole rings is 1. The summed E-state index contributed by atoms with van der Waals surface area (Å²) < 4.78 is 0. The van der Waals surface area contributed by atoms with Crippen LogP contribution in [0.1, 0.15) is 41.6 Å². The van der Waals surface area contributed by atoms with Crippen LogP contribution in [0.25, 0.3) is 10.8 Å². The number of hydrogen-bond donors (Lipinski definition) is 2. The van der Waals surface area contributed by atoms with Crippen molar-refractivity contribution in [3.63, 3.8) is 0 Å². The molecule has 0 aliphatic carbocycles. The predicted octanol–water partition coefficient (Wildman–Crippen LogP) is 2.28. The number of amides is 1. The second-order valence-corrected chi connectivity index (χ2v) is 6.01. The number of nitrogens with one attached hydrogen (secondary N) is 1. The highest BCUT2D eigenvalue weighted by Crippen LogP contribution is 2.25. The van der Waals surface area contributed by atoms with E-state index < -0.39 is 17.9 Å². The fourth-order valence-corrected chi connectivity index (χ4v) is 2.92. The van der Waals surface area contributed by atoms with Crippen molar-refractivity contribution in [2.45, 2.75) is 39.2 Å². The van der Waals surface area contributed by atoms with Crippen LogP contribution in [0.15, 0.2) is 18.5 Å². The standard InChI is InChI=1S/C15H18N4O3S/c1-3-4-6-10(15(21)22)19-13(20)11-9(2)18-14(23-11)12-16-7-5-8-17-12/h5,7-8,10H,3-4,6H2,1-2H3,(H,19,20)(H,21,22). The van der Waals surface area contributed by atoms with Crippen LogP contribution in [-0.2, 0) is 4.79 Å². The molecule has 1 amide bonds. The number of nitrogens with zero attached hydrogens (tertiary/aromatic N) is 3. The predicted molar refractivity (Wildman–Crippen MR) is 86.3 cm³/mol. The SMILES string of the molecule is CCCCC(NC(=O)c1sc(-c2ncccn2)nc1C)C(=O)O. The molecule has 2 aromatic heterocycles. The number of carboxylic acids is 1. The van der Waals surface area contributed by atoms with E-state index in [1.165, 1.54) is 0 Å². The van der Waals surface area contributed by atoms with Gasteiger partial charge in [0, 0.05) is 12.4 Å². The van der Waals surface area contributed by atoms with Gasteiger partial charge in [-0.05, 0) is 19.4 Å². The van der Waals surface area contributed by atoms with Crippen molar-refractivity contribution in [1.82, 2.24) is 20.3 Å². The number of hydrogen-bond acceptors (Lipinski definition) is 6. The molecule has 8 heteroatoms. The van der Waals surface area contributed by atoms with Crippen molar-refractivity contribution in [1.29, 1.82) is 0 Å². The fraction of sp³-hybridized carbons (Fsp3) is 0.400. The first-order valence-electron chi connectivity index (χ1n) is 7.31. The molecule has 2 heterocycles. The molecule has 122 valence electrons. The van der Waals surface area contributed by atoms with E-state index in [4.69, 9.17) is 0 Å². The number of aromatic nitrogens is 3. The summed E-state index contributed by atoms with van der Waals surface area (Å²) in [6, 6.07) is 0.809. The zero-order chi connectivity index (χ0) is 16.8. The number of carboxylic acid groups (broad SMARTS) is 1. The molecule has 7 nitrogen and oxygen atoms in total. The van der Waals surface area contributed by atoms with Crippen LogP contribution in [0.4, 0.5) is 0 Å². The van der Waals surface area contributed by atoms with Crippen LogP contribution < -0.4 is 5.32 Å². The number of aliphatic carboxylic acids is 1. The number of aryl methyl sites for hydroxylation is 1. The first-order valence-corrected chi connectivity index (χ1v) is 8.13. The normalized spacial score (nSPS) is 11.9. The van der Waals surface area contributed by atoms with Crippen molar-refractivity contribution in [3.05, 3.63) is 29.0 Å². The van der Waals surface area contributed by atoms with E-state index in [2.05, 4.69) is 20.3 Å². The third-order valence-electron chi connectivity index (χ3n) is 3.21. The van der Waals surface area contributed by atoms with E-state index in [1.807, 2.05) is 6.92 Å². The van der Waals surface area contributed by atoms with E-state index in [0.29, 0.717) is 27.8 Å². The lowest BCUT2D eigenvalue weighted by Crippen LogP contribution is -2.40. The van der Waals surface area contributed by atoms with Crippen molar-refractivity contribution in [2.24, 2.45) is 0 Å². The molecule has 1 atom stereocenters. The topological polar surface area (TPSA) is 105 Å². The summed E-state index contributed by atoms with van der Waals surface area (Å²) in [6.07, 6.45) is 5.22. The average molecular weight is 334 g/mol. The largest absolute Gasteiger partial charge is 0.480 e. The second kappa shape index (κ2) is 7.77. The smallest absolute Gasteiger partial charge is 0.326 e. The third-order valence-corrected chi connectivity index (χ3v) is 4.36. The van der Waals surface area contributed by atoms with Gasteiger partial charge in [0.1, 0.15) is 10.9 Å². The summed E-state index contributed by atoms with van der Waals surface area (Å²) in [5.74, 6) is -1.01. The molecule has 0 fully saturated rings. The Morgan fingerprint density at radius 3 is 2.65 bits per heavy atom. The summed E-state index contributed by atoms with van der Waals surface area (Å²) in [5, 5.41) is 12.3. The maximum atomic E-state index is 12.3. The Bertz CT molecular complexity index is 687. The molecule has 0 aromatic carbocycles. The van der Waals surface area contributed by atoms with Crippen LogP contribution in [-0.4, -0.2) is 38.0 Å². The van der Waals surface area contributed by atoms with Gasteiger partial charge in [0.15, 0.2) is 10.8 Å². The molecule has 0 radical (unpaired) electrons. The quantitative estimate of drug-likeness (QED) is 0.805. The Labute approximate surface area is 137 Å². The van der Waals surface area contributed by atoms with Gasteiger partial charge in [0.25, 0.3) is 5.91 Å². The zero-order valence-electron chi connectivity index (χ0n) is 12.9. The van der Waals surface area contributed by atoms with Crippen molar-refractivity contribution >= 4 is 23.2 Å². The molecule has 0 aliphatic heterocycles. The molecule has 0 saturated carbocycles. The highest BCUT2D eigenvalue weighted by atomic mass is 32.1. The Balaban J connectivity index is 2.16. The second-order valence-electron chi connectivity index (χ2n) is 5.01. The van der Waals surface area contributed by atoms with E-state index in [1.54, 1.807) is 25.4 Å². The summed E-state index contributed by atoms with van der Waals surface area (Å²) >= 11 is 1.16. The van der Waals surface area contributed by atoms with Crippen molar-refractivity contribution < 1.29 is 14.7 Å². The van der Waals surface area contributed by atoms with E-state index in [0.717, 1.165) is 24.2 Å². The molecule has 0 aliphatic rings. The first kappa shape index (κ1) is 17.0. The molecule has 23 heavy (non-hydrogen) atoms. The number of carbonyl (C=O) groups is 2. The molecule has 2 rings (SSSR count). The first-order chi connectivity index (χ1) is 11.0. The molecule has 0 bridgehead atoms. The molecule has 2 aromatic rings. The van der Waals surface area contributed by atoms with Gasteiger partial charge < -0.3 is 10.4 Å². The number of unbranched alkanes of at least 4 members (excludes halogenated alkanes) is 1. The molecule has 2 N–H and O–H groups in total. The summed E-state index contributed by atoms with van der Waals surface area (Å²) in [7, 11) is 0. The minimum absolute atomic E-state index is 0.384. The third kappa shape index (κ3) is 4.32. The van der Waals surface area contributed by atoms with Gasteiger partial charge in [-0.1, -0.05) is 19.8 Å². The van der Waals surface area contributed by atoms with Crippen LogP contribution >= 0.6 is 11.3 Å². The summed E-state index contributed by atoms with van der Waals surface area (Å²) in [5.41, 5.74) is 0.537. The minimum atomic E-state index is -1.03. The lowest BCUT2D eigenvalue weighted by atomic mass is 10.1. The Morgan fingerprint density at radius 1 is 1.35 bits per heavy atom. The van der Waals surface area contributed by atoms with Gasteiger partial charge in [-0.2, -0.15) is 0 Å². The minimum Gasteiger partial charge on any atom is -0.480 e. The van der Waals surface area contributed by atoms with Crippen LogP contribution in [0.3, 0.4) is 0 Å². The van der Waals surface area contributed by atoms with Crippen LogP contribution in [0.5, 0.6) is 0 Å². The average Bonchev–Trinajstić information content (AvgIpc) is 2.94. The Kier molecular flexibility index (Phi) is 5.75. The number of carbonyl (C=O) groups excluding carboxylic acids is 1. The monoisotopic (exact) mass is 334 g/mol. The van der Waals surface area contributed by atoms with Gasteiger partial charge in [-0.3, -0.25) is 4.79 Å². The van der Waals surface area contributed by atoms with E-state index >= 15 is 0 Å². The van der Waals surface area contributed by atoms with E-state index in [9.17, 15) is 14.7 Å². The highest BCUT2D eigenvalue weighted by Gasteiger charge is 2.23. The molecular formula is C15H18N4O3S. The van der Waals surface area contributed by atoms with Crippen LogP contribution in [0.2, 0.25) is 0 Å². The van der Waals surface area contributed by atoms with Gasteiger partial charge in [-0.25, -0.2) is 19.7 Å². The van der Waals surface area contributed by atoms with E-state index in [-0.39, 0.29) is 0 Å². The Morgan fingerprint density at radius 2 is 2.04 bits per heavy atom.